The van der Waals surface area contributed by atoms with Crippen molar-refractivity contribution in [2.24, 2.45) is 0 Å². The lowest BCUT2D eigenvalue weighted by Gasteiger charge is -2.30. The summed E-state index contributed by atoms with van der Waals surface area (Å²) >= 11 is 0. The fourth-order valence-electron chi connectivity index (χ4n) is 2.96. The number of alkyl halides is 15. The Labute approximate surface area is 170 Å². The zero-order chi connectivity index (χ0) is 25.9. The minimum Gasteiger partial charge on any atom is -0.453 e. The number of hydrogen-bond acceptors (Lipinski definition) is 2. The minimum atomic E-state index is -6.98. The summed E-state index contributed by atoms with van der Waals surface area (Å²) in [4.78, 5) is 10.6. The van der Waals surface area contributed by atoms with Gasteiger partial charge in [-0.2, -0.15) is 65.9 Å². The SMILES string of the molecule is O=Cc1ccc(-c2c(C(F)(F)F)c(C(F)(F)F)c(C(F)(F)F)c(C(F)(F)F)c2C(F)(F)F)o1. The first-order valence-electron chi connectivity index (χ1n) is 7.68. The summed E-state index contributed by atoms with van der Waals surface area (Å²) in [5.41, 5.74) is -22.8. The van der Waals surface area contributed by atoms with Crippen LogP contribution in [0.15, 0.2) is 16.5 Å². The number of benzene rings is 1. The quantitative estimate of drug-likeness (QED) is 0.303. The van der Waals surface area contributed by atoms with Crippen molar-refractivity contribution in [3.63, 3.8) is 0 Å². The molecule has 17 heteroatoms. The van der Waals surface area contributed by atoms with Gasteiger partial charge in [0.2, 0.25) is 0 Å². The van der Waals surface area contributed by atoms with Crippen LogP contribution in [0, 0.1) is 0 Å². The molecule has 2 aromatic rings. The average molecular weight is 512 g/mol. The molecule has 0 aliphatic rings. The summed E-state index contributed by atoms with van der Waals surface area (Å²) in [6.07, 6.45) is -34.5. The first kappa shape index (κ1) is 26.4. The van der Waals surface area contributed by atoms with Crippen LogP contribution in [0.5, 0.6) is 0 Å². The van der Waals surface area contributed by atoms with Gasteiger partial charge in [-0.25, -0.2) is 0 Å². The molecule has 0 atom stereocenters. The van der Waals surface area contributed by atoms with E-state index >= 15 is 0 Å². The number of carbonyl (C=O) groups is 1. The van der Waals surface area contributed by atoms with E-state index in [0.29, 0.717) is 0 Å². The molecule has 0 amide bonds. The predicted octanol–water partition coefficient (Wildman–Crippen LogP) is 7.85. The molecule has 0 saturated carbocycles. The maximum atomic E-state index is 13.6. The molecule has 0 bridgehead atoms. The van der Waals surface area contributed by atoms with Crippen molar-refractivity contribution < 1.29 is 75.1 Å². The Kier molecular flexibility index (Phi) is 6.06. The predicted molar refractivity (Wildman–Crippen MR) is 74.5 cm³/mol. The molecular formula is C16H3F15O2. The lowest BCUT2D eigenvalue weighted by molar-refractivity contribution is -0.188. The van der Waals surface area contributed by atoms with Crippen molar-refractivity contribution >= 4 is 6.29 Å². The van der Waals surface area contributed by atoms with E-state index in [-0.39, 0.29) is 18.4 Å². The molecule has 0 spiro atoms. The molecule has 1 aromatic carbocycles. The molecule has 0 N–H and O–H groups in total. The second-order valence-corrected chi connectivity index (χ2v) is 6.06. The largest absolute Gasteiger partial charge is 0.453 e. The fourth-order valence-corrected chi connectivity index (χ4v) is 2.96. The van der Waals surface area contributed by atoms with Crippen molar-refractivity contribution in [1.82, 2.24) is 0 Å². The molecule has 0 fully saturated rings. The molecule has 184 valence electrons. The summed E-state index contributed by atoms with van der Waals surface area (Å²) < 4.78 is 206. The van der Waals surface area contributed by atoms with Crippen LogP contribution in [0.1, 0.15) is 38.4 Å². The van der Waals surface area contributed by atoms with Crippen molar-refractivity contribution in [2.45, 2.75) is 30.9 Å². The van der Waals surface area contributed by atoms with Gasteiger partial charge in [-0.05, 0) is 12.1 Å². The Morgan fingerprint density at radius 1 is 0.515 bits per heavy atom. The second kappa shape index (κ2) is 7.58. The summed E-state index contributed by atoms with van der Waals surface area (Å²) in [6, 6.07) is 0.248. The molecule has 2 nitrogen and oxygen atoms in total. The van der Waals surface area contributed by atoms with E-state index in [9.17, 15) is 70.7 Å². The van der Waals surface area contributed by atoms with Gasteiger partial charge >= 0.3 is 30.9 Å². The highest BCUT2D eigenvalue weighted by Gasteiger charge is 2.60. The number of aldehydes is 1. The monoisotopic (exact) mass is 512 g/mol. The topological polar surface area (TPSA) is 30.2 Å². The Morgan fingerprint density at radius 2 is 0.818 bits per heavy atom. The highest BCUT2D eigenvalue weighted by Crippen LogP contribution is 2.58. The third-order valence-corrected chi connectivity index (χ3v) is 3.91. The summed E-state index contributed by atoms with van der Waals surface area (Å²) in [5.74, 6) is -3.16. The van der Waals surface area contributed by atoms with Crippen LogP contribution >= 0.6 is 0 Å². The van der Waals surface area contributed by atoms with Crippen LogP contribution in [-0.4, -0.2) is 6.29 Å². The van der Waals surface area contributed by atoms with E-state index in [1.54, 1.807) is 0 Å². The Hall–Kier alpha value is -2.88. The highest BCUT2D eigenvalue weighted by atomic mass is 19.4. The van der Waals surface area contributed by atoms with Gasteiger partial charge in [-0.15, -0.1) is 0 Å². The van der Waals surface area contributed by atoms with E-state index in [0.717, 1.165) is 0 Å². The van der Waals surface area contributed by atoms with E-state index in [1.807, 2.05) is 0 Å². The maximum Gasteiger partial charge on any atom is 0.417 e. The van der Waals surface area contributed by atoms with Gasteiger partial charge in [-0.3, -0.25) is 4.79 Å². The smallest absolute Gasteiger partial charge is 0.417 e. The number of furan rings is 1. The maximum absolute atomic E-state index is 13.6. The lowest BCUT2D eigenvalue weighted by Crippen LogP contribution is -2.32. The normalized spacial score (nSPS) is 14.0. The Bertz CT molecular complexity index is 1010. The molecular weight excluding hydrogens is 509 g/mol. The van der Waals surface area contributed by atoms with E-state index in [1.165, 1.54) is 0 Å². The average Bonchev–Trinajstić information content (AvgIpc) is 3.03. The van der Waals surface area contributed by atoms with Crippen LogP contribution in [0.4, 0.5) is 65.9 Å². The summed E-state index contributed by atoms with van der Waals surface area (Å²) in [7, 11) is 0. The number of rotatable bonds is 2. The zero-order valence-corrected chi connectivity index (χ0v) is 14.7. The van der Waals surface area contributed by atoms with Crippen molar-refractivity contribution in [1.29, 1.82) is 0 Å². The fraction of sp³-hybridized carbons (Fsp3) is 0.312. The van der Waals surface area contributed by atoms with Gasteiger partial charge in [0.25, 0.3) is 0 Å². The second-order valence-electron chi connectivity index (χ2n) is 6.06. The van der Waals surface area contributed by atoms with Gasteiger partial charge in [0.1, 0.15) is 5.76 Å². The number of halogens is 15. The molecule has 0 saturated heterocycles. The van der Waals surface area contributed by atoms with Crippen LogP contribution in [0.2, 0.25) is 0 Å². The first-order valence-corrected chi connectivity index (χ1v) is 7.68. The molecule has 0 unspecified atom stereocenters. The molecule has 0 radical (unpaired) electrons. The van der Waals surface area contributed by atoms with Crippen molar-refractivity contribution in [2.75, 3.05) is 0 Å². The van der Waals surface area contributed by atoms with Gasteiger partial charge in [0, 0.05) is 5.56 Å². The minimum absolute atomic E-state index is 0.0306. The van der Waals surface area contributed by atoms with E-state index in [2.05, 4.69) is 4.42 Å². The third kappa shape index (κ3) is 4.90. The summed E-state index contributed by atoms with van der Waals surface area (Å²) in [6.45, 7) is 0. The molecule has 33 heavy (non-hydrogen) atoms. The molecule has 1 aromatic heterocycles. The van der Waals surface area contributed by atoms with E-state index < -0.39 is 75.8 Å². The van der Waals surface area contributed by atoms with Crippen LogP contribution in [0.25, 0.3) is 11.3 Å². The van der Waals surface area contributed by atoms with Crippen LogP contribution in [0.3, 0.4) is 0 Å². The molecule has 1 heterocycles. The summed E-state index contributed by atoms with van der Waals surface area (Å²) in [5, 5.41) is 0. The number of carbonyl (C=O) groups excluding carboxylic acids is 1. The zero-order valence-electron chi connectivity index (χ0n) is 14.7. The molecule has 0 aliphatic heterocycles. The Morgan fingerprint density at radius 3 is 1.06 bits per heavy atom. The van der Waals surface area contributed by atoms with Crippen molar-refractivity contribution in [3.8, 4) is 11.3 Å². The van der Waals surface area contributed by atoms with Gasteiger partial charge in [-0.1, -0.05) is 0 Å². The molecule has 0 aliphatic carbocycles. The van der Waals surface area contributed by atoms with Crippen molar-refractivity contribution in [3.05, 3.63) is 45.7 Å². The molecule has 2 rings (SSSR count). The van der Waals surface area contributed by atoms with Gasteiger partial charge in [0.15, 0.2) is 12.0 Å². The Balaban J connectivity index is 3.51. The number of hydrogen-bond donors (Lipinski definition) is 0. The third-order valence-electron chi connectivity index (χ3n) is 3.91. The van der Waals surface area contributed by atoms with Gasteiger partial charge in [0.05, 0.1) is 27.8 Å². The van der Waals surface area contributed by atoms with E-state index in [4.69, 9.17) is 0 Å². The highest BCUT2D eigenvalue weighted by molar-refractivity contribution is 5.78. The van der Waals surface area contributed by atoms with Crippen LogP contribution < -0.4 is 0 Å². The first-order chi connectivity index (χ1) is 14.5. The standard InChI is InChI=1S/C16H3F15O2/c17-12(18,19)7-6(5-2-1-4(3-32)33-5)8(13(20,21)22)10(15(26,27)28)11(16(29,30)31)9(7)14(23,24)25/h1-3H. The van der Waals surface area contributed by atoms with Gasteiger partial charge < -0.3 is 4.42 Å². The lowest BCUT2D eigenvalue weighted by atomic mass is 9.83. The van der Waals surface area contributed by atoms with Crippen LogP contribution in [-0.2, 0) is 30.9 Å².